The van der Waals surface area contributed by atoms with Crippen molar-refractivity contribution in [2.75, 3.05) is 16.3 Å². The minimum atomic E-state index is -0.491. The van der Waals surface area contributed by atoms with E-state index < -0.39 is 11.7 Å². The molecule has 1 aliphatic carbocycles. The minimum Gasteiger partial charge on any atom is -0.311 e. The summed E-state index contributed by atoms with van der Waals surface area (Å²) in [6, 6.07) is -0.0435. The van der Waals surface area contributed by atoms with Gasteiger partial charge in [0.15, 0.2) is 5.82 Å². The normalized spacial score (nSPS) is 18.3. The van der Waals surface area contributed by atoms with Crippen LogP contribution in [0.4, 0.5) is 11.8 Å². The van der Waals surface area contributed by atoms with Crippen molar-refractivity contribution >= 4 is 23.5 Å². The van der Waals surface area contributed by atoms with Crippen molar-refractivity contribution in [1.82, 2.24) is 9.97 Å². The number of allylic oxidation sites excluding steroid dienone is 3. The topological polar surface area (TPSA) is 66.4 Å². The molecule has 1 amide bonds. The van der Waals surface area contributed by atoms with E-state index in [2.05, 4.69) is 50.6 Å². The lowest BCUT2D eigenvalue weighted by Gasteiger charge is -2.35. The van der Waals surface area contributed by atoms with Gasteiger partial charge in [-0.25, -0.2) is 4.98 Å². The van der Waals surface area contributed by atoms with Gasteiger partial charge >= 0.3 is 5.91 Å². The number of aromatic nitrogens is 2. The number of rotatable bonds is 6. The summed E-state index contributed by atoms with van der Waals surface area (Å²) in [5.74, 6) is 0.0433. The molecule has 1 aromatic heterocycles. The Bertz CT molecular complexity index is 954. The molecule has 0 unspecified atom stereocenters. The monoisotopic (exact) mass is 410 g/mol. The van der Waals surface area contributed by atoms with Crippen LogP contribution < -0.4 is 9.80 Å². The third kappa shape index (κ3) is 3.57. The van der Waals surface area contributed by atoms with Crippen LogP contribution in [0.2, 0.25) is 0 Å². The summed E-state index contributed by atoms with van der Waals surface area (Å²) in [6.45, 7) is 17.4. The molecule has 3 rings (SSSR count). The molecule has 0 saturated carbocycles. The molecule has 0 bridgehead atoms. The fourth-order valence-corrected chi connectivity index (χ4v) is 5.06. The maximum atomic E-state index is 12.8. The lowest BCUT2D eigenvalue weighted by Crippen LogP contribution is -2.39. The van der Waals surface area contributed by atoms with Gasteiger partial charge in [-0.3, -0.25) is 14.5 Å². The van der Waals surface area contributed by atoms with E-state index in [-0.39, 0.29) is 11.5 Å². The molecule has 0 spiro atoms. The van der Waals surface area contributed by atoms with Crippen LogP contribution in [0.25, 0.3) is 0 Å². The molecule has 1 aliphatic heterocycles. The Labute approximate surface area is 180 Å². The third-order valence-electron chi connectivity index (χ3n) is 6.17. The lowest BCUT2D eigenvalue weighted by molar-refractivity contribution is -0.114. The largest absolute Gasteiger partial charge is 0.311 e. The van der Waals surface area contributed by atoms with Crippen LogP contribution >= 0.6 is 0 Å². The molecule has 6 nitrogen and oxygen atoms in total. The smallest absolute Gasteiger partial charge is 0.301 e. The third-order valence-corrected chi connectivity index (χ3v) is 6.17. The van der Waals surface area contributed by atoms with Crippen LogP contribution in [-0.2, 0) is 4.79 Å². The highest BCUT2D eigenvalue weighted by atomic mass is 16.2. The number of fused-ring (bicyclic) bond motifs is 1. The van der Waals surface area contributed by atoms with E-state index in [4.69, 9.17) is 4.98 Å². The van der Waals surface area contributed by atoms with Crippen LogP contribution in [0.1, 0.15) is 83.8 Å². The number of hydrogen-bond acceptors (Lipinski definition) is 5. The van der Waals surface area contributed by atoms with Gasteiger partial charge in [0.1, 0.15) is 0 Å². The van der Waals surface area contributed by atoms with E-state index in [9.17, 15) is 9.59 Å². The first kappa shape index (κ1) is 22.2. The number of carbonyl (C=O) groups excluding carboxylic acids is 2. The van der Waals surface area contributed by atoms with Gasteiger partial charge < -0.3 is 4.90 Å². The summed E-state index contributed by atoms with van der Waals surface area (Å²) in [5.41, 5.74) is 4.69. The zero-order valence-electron chi connectivity index (χ0n) is 19.6. The molecular weight excluding hydrogens is 376 g/mol. The van der Waals surface area contributed by atoms with E-state index in [1.165, 1.54) is 11.1 Å². The second-order valence-electron chi connectivity index (χ2n) is 9.15. The molecule has 30 heavy (non-hydrogen) atoms. The van der Waals surface area contributed by atoms with Gasteiger partial charge in [0, 0.05) is 18.3 Å². The molecule has 1 aromatic rings. The quantitative estimate of drug-likeness (QED) is 0.619. The van der Waals surface area contributed by atoms with Crippen LogP contribution in [-0.4, -0.2) is 34.2 Å². The highest BCUT2D eigenvalue weighted by Crippen LogP contribution is 2.40. The first-order valence-electron chi connectivity index (χ1n) is 11.0. The Morgan fingerprint density at radius 3 is 2.27 bits per heavy atom. The number of amides is 1. The maximum absolute atomic E-state index is 12.8. The number of Topliss-reactive ketones (excluding diaryl/α,β-unsaturated/α-hetero) is 1. The number of anilines is 2. The fraction of sp³-hybridized carbons (Fsp3) is 0.583. The van der Waals surface area contributed by atoms with Crippen LogP contribution in [0.5, 0.6) is 0 Å². The number of carbonyl (C=O) groups is 2. The van der Waals surface area contributed by atoms with Gasteiger partial charge in [-0.1, -0.05) is 33.8 Å². The Balaban J connectivity index is 2.15. The van der Waals surface area contributed by atoms with E-state index in [1.807, 2.05) is 13.8 Å². The SMILES string of the molecule is CCC(CC)N1C(=O)C(=O)c2c(C)nc(N(CC)C3=C(C)CC(C)(C)C=C3C)nc21. The van der Waals surface area contributed by atoms with Crippen molar-refractivity contribution in [3.63, 3.8) is 0 Å². The lowest BCUT2D eigenvalue weighted by atomic mass is 9.78. The summed E-state index contributed by atoms with van der Waals surface area (Å²) in [7, 11) is 0. The zero-order valence-corrected chi connectivity index (χ0v) is 19.6. The van der Waals surface area contributed by atoms with E-state index in [0.717, 1.165) is 25.0 Å². The van der Waals surface area contributed by atoms with Crippen molar-refractivity contribution in [3.8, 4) is 0 Å². The highest BCUT2D eigenvalue weighted by Gasteiger charge is 2.42. The second-order valence-corrected chi connectivity index (χ2v) is 9.15. The molecule has 0 aromatic carbocycles. The predicted molar refractivity (Wildman–Crippen MR) is 121 cm³/mol. The van der Waals surface area contributed by atoms with Crippen molar-refractivity contribution < 1.29 is 9.59 Å². The predicted octanol–water partition coefficient (Wildman–Crippen LogP) is 4.98. The van der Waals surface area contributed by atoms with Gasteiger partial charge in [0.2, 0.25) is 5.95 Å². The summed E-state index contributed by atoms with van der Waals surface area (Å²) >= 11 is 0. The molecule has 2 heterocycles. The van der Waals surface area contributed by atoms with E-state index >= 15 is 0 Å². The molecule has 6 heteroatoms. The molecule has 0 atom stereocenters. The Hall–Kier alpha value is -2.50. The van der Waals surface area contributed by atoms with Gasteiger partial charge in [-0.05, 0) is 63.5 Å². The van der Waals surface area contributed by atoms with Crippen LogP contribution in [0, 0.1) is 12.3 Å². The molecule has 0 N–H and O–H groups in total. The van der Waals surface area contributed by atoms with E-state index in [1.54, 1.807) is 11.8 Å². The number of likely N-dealkylation sites (N-methyl/N-ethyl adjacent to an activating group) is 1. The summed E-state index contributed by atoms with van der Waals surface area (Å²) in [5, 5.41) is 0. The van der Waals surface area contributed by atoms with Gasteiger partial charge in [-0.2, -0.15) is 4.98 Å². The molecule has 0 saturated heterocycles. The molecular formula is C24H34N4O2. The summed E-state index contributed by atoms with van der Waals surface area (Å²) < 4.78 is 0. The standard InChI is InChI=1S/C24H34N4O2/c1-9-17(10-2)28-21-18(20(29)22(28)30)16(6)25-23(26-21)27(11-3)19-14(4)12-24(7,8)13-15(19)5/h12,17H,9-11,13H2,1-8H3. The number of ketones is 1. The van der Waals surface area contributed by atoms with Crippen molar-refractivity contribution in [1.29, 1.82) is 0 Å². The average molecular weight is 411 g/mol. The maximum Gasteiger partial charge on any atom is 0.301 e. The van der Waals surface area contributed by atoms with Gasteiger partial charge in [0.25, 0.3) is 5.78 Å². The summed E-state index contributed by atoms with van der Waals surface area (Å²) in [4.78, 5) is 38.7. The fourth-order valence-electron chi connectivity index (χ4n) is 5.06. The van der Waals surface area contributed by atoms with Crippen LogP contribution in [0.15, 0.2) is 22.9 Å². The van der Waals surface area contributed by atoms with Gasteiger partial charge in [-0.15, -0.1) is 0 Å². The summed E-state index contributed by atoms with van der Waals surface area (Å²) in [6.07, 6.45) is 4.82. The Morgan fingerprint density at radius 1 is 1.10 bits per heavy atom. The van der Waals surface area contributed by atoms with Crippen LogP contribution in [0.3, 0.4) is 0 Å². The number of hydrogen-bond donors (Lipinski definition) is 0. The van der Waals surface area contributed by atoms with Crippen molar-refractivity contribution in [3.05, 3.63) is 34.2 Å². The van der Waals surface area contributed by atoms with E-state index in [0.29, 0.717) is 29.6 Å². The molecule has 162 valence electrons. The molecule has 2 aliphatic rings. The molecule has 0 radical (unpaired) electrons. The van der Waals surface area contributed by atoms with Gasteiger partial charge in [0.05, 0.1) is 11.3 Å². The second kappa shape index (κ2) is 7.97. The first-order valence-corrected chi connectivity index (χ1v) is 11.0. The average Bonchev–Trinajstić information content (AvgIpc) is 2.90. The number of nitrogens with zero attached hydrogens (tertiary/aromatic N) is 4. The Morgan fingerprint density at radius 2 is 1.73 bits per heavy atom. The number of aryl methyl sites for hydroxylation is 1. The highest BCUT2D eigenvalue weighted by molar-refractivity contribution is 6.52. The van der Waals surface area contributed by atoms with Crippen molar-refractivity contribution in [2.24, 2.45) is 5.41 Å². The van der Waals surface area contributed by atoms with Crippen molar-refractivity contribution in [2.45, 2.75) is 80.7 Å². The first-order chi connectivity index (χ1) is 14.1. The Kier molecular flexibility index (Phi) is 5.89. The molecule has 0 fully saturated rings. The minimum absolute atomic E-state index is 0.0435. The zero-order chi connectivity index (χ0) is 22.4.